The molecular weight excluding hydrogens is 264 g/mol. The molecule has 0 aromatic rings. The van der Waals surface area contributed by atoms with E-state index in [2.05, 4.69) is 23.6 Å². The lowest BCUT2D eigenvalue weighted by Crippen LogP contribution is -2.53. The van der Waals surface area contributed by atoms with Gasteiger partial charge in [0, 0.05) is 37.2 Å². The lowest BCUT2D eigenvalue weighted by Gasteiger charge is -2.43. The fourth-order valence-corrected chi connectivity index (χ4v) is 4.70. The standard InChI is InChI=1S/C17H32N2O2/c1-16(2,19-7-4-3-5-8-19)11-18-10-15-6-9-21-14-17(15,12-18)13-20/h15,20H,3-14H2,1-2H3/t15-,17+/m0/s1. The zero-order valence-corrected chi connectivity index (χ0v) is 13.8. The van der Waals surface area contributed by atoms with Crippen LogP contribution in [0.3, 0.4) is 0 Å². The van der Waals surface area contributed by atoms with Gasteiger partial charge in [0.15, 0.2) is 0 Å². The average Bonchev–Trinajstić information content (AvgIpc) is 2.86. The van der Waals surface area contributed by atoms with E-state index in [1.54, 1.807) is 0 Å². The van der Waals surface area contributed by atoms with Crippen LogP contribution in [0.4, 0.5) is 0 Å². The molecule has 0 aliphatic carbocycles. The van der Waals surface area contributed by atoms with E-state index in [0.29, 0.717) is 5.92 Å². The Morgan fingerprint density at radius 2 is 2.00 bits per heavy atom. The van der Waals surface area contributed by atoms with Gasteiger partial charge in [-0.2, -0.15) is 0 Å². The minimum Gasteiger partial charge on any atom is -0.396 e. The van der Waals surface area contributed by atoms with Crippen LogP contribution in [-0.4, -0.2) is 73.0 Å². The highest BCUT2D eigenvalue weighted by Crippen LogP contribution is 2.41. The molecule has 0 bridgehead atoms. The van der Waals surface area contributed by atoms with Gasteiger partial charge >= 0.3 is 0 Å². The third-order valence-corrected chi connectivity index (χ3v) is 6.02. The summed E-state index contributed by atoms with van der Waals surface area (Å²) in [5, 5.41) is 9.90. The van der Waals surface area contributed by atoms with Crippen LogP contribution in [-0.2, 0) is 4.74 Å². The molecule has 0 unspecified atom stereocenters. The zero-order chi connectivity index (χ0) is 14.9. The van der Waals surface area contributed by atoms with Crippen LogP contribution in [0.25, 0.3) is 0 Å². The molecule has 0 aromatic carbocycles. The van der Waals surface area contributed by atoms with Gasteiger partial charge in [0.1, 0.15) is 0 Å². The number of nitrogens with zero attached hydrogens (tertiary/aromatic N) is 2. The van der Waals surface area contributed by atoms with Gasteiger partial charge in [-0.15, -0.1) is 0 Å². The maximum absolute atomic E-state index is 9.90. The van der Waals surface area contributed by atoms with Crippen LogP contribution in [0.5, 0.6) is 0 Å². The van der Waals surface area contributed by atoms with Crippen molar-refractivity contribution in [1.82, 2.24) is 9.80 Å². The number of rotatable bonds is 4. The van der Waals surface area contributed by atoms with E-state index in [0.717, 1.165) is 39.3 Å². The predicted molar refractivity (Wildman–Crippen MR) is 84.4 cm³/mol. The summed E-state index contributed by atoms with van der Waals surface area (Å²) in [6, 6.07) is 0. The Morgan fingerprint density at radius 1 is 1.24 bits per heavy atom. The Morgan fingerprint density at radius 3 is 2.67 bits per heavy atom. The molecule has 2 atom stereocenters. The second-order valence-corrected chi connectivity index (χ2v) is 8.09. The number of fused-ring (bicyclic) bond motifs is 1. The number of aliphatic hydroxyl groups is 1. The molecule has 4 nitrogen and oxygen atoms in total. The van der Waals surface area contributed by atoms with Crippen LogP contribution in [0.2, 0.25) is 0 Å². The Kier molecular flexibility index (Phi) is 4.60. The normalized spacial score (nSPS) is 35.9. The van der Waals surface area contributed by atoms with Gasteiger partial charge in [0.05, 0.1) is 13.2 Å². The molecule has 122 valence electrons. The van der Waals surface area contributed by atoms with Crippen LogP contribution < -0.4 is 0 Å². The lowest BCUT2D eigenvalue weighted by atomic mass is 9.76. The first-order valence-electron chi connectivity index (χ1n) is 8.72. The molecule has 0 radical (unpaired) electrons. The molecule has 0 spiro atoms. The molecule has 3 fully saturated rings. The maximum atomic E-state index is 9.90. The summed E-state index contributed by atoms with van der Waals surface area (Å²) in [5.41, 5.74) is 0.252. The molecule has 1 N–H and O–H groups in total. The fourth-order valence-electron chi connectivity index (χ4n) is 4.70. The van der Waals surface area contributed by atoms with E-state index in [1.807, 2.05) is 0 Å². The molecule has 3 aliphatic heterocycles. The molecular formula is C17H32N2O2. The van der Waals surface area contributed by atoms with Crippen molar-refractivity contribution in [2.24, 2.45) is 11.3 Å². The van der Waals surface area contributed by atoms with E-state index in [-0.39, 0.29) is 17.6 Å². The topological polar surface area (TPSA) is 35.9 Å². The molecule has 4 heteroatoms. The largest absolute Gasteiger partial charge is 0.396 e. The van der Waals surface area contributed by atoms with Crippen LogP contribution in [0.1, 0.15) is 39.5 Å². The van der Waals surface area contributed by atoms with E-state index in [1.165, 1.54) is 32.4 Å². The highest BCUT2D eigenvalue weighted by atomic mass is 16.5. The molecule has 21 heavy (non-hydrogen) atoms. The number of aliphatic hydroxyl groups excluding tert-OH is 1. The Hall–Kier alpha value is -0.160. The van der Waals surface area contributed by atoms with Crippen LogP contribution >= 0.6 is 0 Å². The van der Waals surface area contributed by atoms with Crippen molar-refractivity contribution in [3.8, 4) is 0 Å². The smallest absolute Gasteiger partial charge is 0.0559 e. The minimum absolute atomic E-state index is 0.0101. The minimum atomic E-state index is 0.0101. The SMILES string of the molecule is CC(C)(CN1C[C@@H]2CCOC[C@]2(CO)C1)N1CCCCC1. The van der Waals surface area contributed by atoms with E-state index in [9.17, 15) is 5.11 Å². The number of ether oxygens (including phenoxy) is 1. The summed E-state index contributed by atoms with van der Waals surface area (Å²) in [4.78, 5) is 5.25. The summed E-state index contributed by atoms with van der Waals surface area (Å²) in [5.74, 6) is 0.619. The van der Waals surface area contributed by atoms with E-state index in [4.69, 9.17) is 4.74 Å². The van der Waals surface area contributed by atoms with Crippen molar-refractivity contribution in [3.05, 3.63) is 0 Å². The number of likely N-dealkylation sites (tertiary alicyclic amines) is 2. The summed E-state index contributed by atoms with van der Waals surface area (Å²) in [7, 11) is 0. The van der Waals surface area contributed by atoms with Gasteiger partial charge in [-0.25, -0.2) is 0 Å². The second-order valence-electron chi connectivity index (χ2n) is 8.09. The van der Waals surface area contributed by atoms with Crippen LogP contribution in [0, 0.1) is 11.3 Å². The van der Waals surface area contributed by atoms with Gasteiger partial charge in [-0.1, -0.05) is 6.42 Å². The van der Waals surface area contributed by atoms with Crippen molar-refractivity contribution in [1.29, 1.82) is 0 Å². The van der Waals surface area contributed by atoms with Crippen molar-refractivity contribution >= 4 is 0 Å². The van der Waals surface area contributed by atoms with Gasteiger partial charge in [0.2, 0.25) is 0 Å². The summed E-state index contributed by atoms with van der Waals surface area (Å²) in [6.45, 7) is 12.4. The lowest BCUT2D eigenvalue weighted by molar-refractivity contribution is -0.0566. The van der Waals surface area contributed by atoms with Gasteiger partial charge in [-0.3, -0.25) is 4.90 Å². The van der Waals surface area contributed by atoms with E-state index < -0.39 is 0 Å². The first-order chi connectivity index (χ1) is 10.1. The highest BCUT2D eigenvalue weighted by molar-refractivity contribution is 5.00. The van der Waals surface area contributed by atoms with Gasteiger partial charge in [0.25, 0.3) is 0 Å². The fraction of sp³-hybridized carbons (Fsp3) is 1.00. The molecule has 3 heterocycles. The van der Waals surface area contributed by atoms with Crippen molar-refractivity contribution < 1.29 is 9.84 Å². The maximum Gasteiger partial charge on any atom is 0.0559 e. The summed E-state index contributed by atoms with van der Waals surface area (Å²) < 4.78 is 5.68. The average molecular weight is 296 g/mol. The highest BCUT2D eigenvalue weighted by Gasteiger charge is 2.49. The number of hydrogen-bond acceptors (Lipinski definition) is 4. The number of piperidine rings is 1. The third kappa shape index (κ3) is 3.14. The molecule has 3 aliphatic rings. The van der Waals surface area contributed by atoms with Crippen molar-refractivity contribution in [3.63, 3.8) is 0 Å². The van der Waals surface area contributed by atoms with Gasteiger partial charge in [-0.05, 0) is 52.1 Å². The predicted octanol–water partition coefficient (Wildman–Crippen LogP) is 1.58. The molecule has 3 saturated heterocycles. The Labute approximate surface area is 129 Å². The van der Waals surface area contributed by atoms with E-state index >= 15 is 0 Å². The van der Waals surface area contributed by atoms with Gasteiger partial charge < -0.3 is 14.7 Å². The first kappa shape index (κ1) is 15.7. The second kappa shape index (κ2) is 6.15. The third-order valence-electron chi connectivity index (χ3n) is 6.02. The zero-order valence-electron chi connectivity index (χ0n) is 13.8. The van der Waals surface area contributed by atoms with Crippen molar-refractivity contribution in [2.45, 2.75) is 45.1 Å². The molecule has 0 aromatic heterocycles. The quantitative estimate of drug-likeness (QED) is 0.854. The molecule has 0 amide bonds. The molecule has 0 saturated carbocycles. The Bertz CT molecular complexity index is 355. The monoisotopic (exact) mass is 296 g/mol. The molecule has 3 rings (SSSR count). The first-order valence-corrected chi connectivity index (χ1v) is 8.72. The number of hydrogen-bond donors (Lipinski definition) is 1. The summed E-state index contributed by atoms with van der Waals surface area (Å²) in [6.07, 6.45) is 5.20. The summed E-state index contributed by atoms with van der Waals surface area (Å²) >= 11 is 0. The van der Waals surface area contributed by atoms with Crippen LogP contribution in [0.15, 0.2) is 0 Å². The van der Waals surface area contributed by atoms with Crippen molar-refractivity contribution in [2.75, 3.05) is 52.5 Å². The Balaban J connectivity index is 1.62.